The molecule has 3 nitrogen and oxygen atoms in total. The van der Waals surface area contributed by atoms with Gasteiger partial charge in [0.25, 0.3) is 0 Å². The first kappa shape index (κ1) is 9.88. The Balaban J connectivity index is 4.23. The van der Waals surface area contributed by atoms with Gasteiger partial charge in [0.1, 0.15) is 5.72 Å². The predicted molar refractivity (Wildman–Crippen MR) is 42.2 cm³/mol. The molecule has 10 heavy (non-hydrogen) atoms. The number of nitrogens with two attached hydrogens (primary N) is 2. The van der Waals surface area contributed by atoms with E-state index in [1.807, 2.05) is 20.8 Å². The summed E-state index contributed by atoms with van der Waals surface area (Å²) in [5.74, 6) is 0. The Bertz CT molecular complexity index is 95.8. The van der Waals surface area contributed by atoms with Crippen molar-refractivity contribution < 1.29 is 5.11 Å². The number of hydrogen-bond acceptors (Lipinski definition) is 3. The fourth-order valence-electron chi connectivity index (χ4n) is 0.877. The Labute approximate surface area is 62.4 Å². The van der Waals surface area contributed by atoms with Gasteiger partial charge in [0.05, 0.1) is 6.04 Å². The number of aliphatic hydroxyl groups is 1. The van der Waals surface area contributed by atoms with Crippen LogP contribution in [0.15, 0.2) is 0 Å². The highest BCUT2D eigenvalue weighted by atomic mass is 16.3. The van der Waals surface area contributed by atoms with Gasteiger partial charge in [-0.25, -0.2) is 0 Å². The van der Waals surface area contributed by atoms with E-state index in [1.54, 1.807) is 0 Å². The van der Waals surface area contributed by atoms with Crippen molar-refractivity contribution in [3.05, 3.63) is 0 Å². The van der Waals surface area contributed by atoms with E-state index in [0.29, 0.717) is 0 Å². The molecule has 0 rings (SSSR count). The van der Waals surface area contributed by atoms with Crippen LogP contribution in [0.1, 0.15) is 27.7 Å². The fraction of sp³-hybridized carbons (Fsp3) is 1.00. The molecule has 0 aliphatic carbocycles. The molecule has 0 spiro atoms. The fourth-order valence-corrected chi connectivity index (χ4v) is 0.877. The van der Waals surface area contributed by atoms with Crippen LogP contribution in [0.2, 0.25) is 0 Å². The lowest BCUT2D eigenvalue weighted by molar-refractivity contribution is 0.00135. The highest BCUT2D eigenvalue weighted by molar-refractivity contribution is 4.88. The van der Waals surface area contributed by atoms with Crippen molar-refractivity contribution in [2.45, 2.75) is 39.5 Å². The van der Waals surface area contributed by atoms with E-state index < -0.39 is 11.8 Å². The minimum absolute atomic E-state index is 0.155. The molecule has 0 aliphatic heterocycles. The van der Waals surface area contributed by atoms with Crippen molar-refractivity contribution in [2.24, 2.45) is 16.9 Å². The van der Waals surface area contributed by atoms with Crippen molar-refractivity contribution in [1.82, 2.24) is 0 Å². The maximum Gasteiger partial charge on any atom is 0.126 e. The molecule has 0 aromatic carbocycles. The van der Waals surface area contributed by atoms with Crippen molar-refractivity contribution in [2.75, 3.05) is 0 Å². The summed E-state index contributed by atoms with van der Waals surface area (Å²) < 4.78 is 0. The Morgan fingerprint density at radius 3 is 1.50 bits per heavy atom. The minimum Gasteiger partial charge on any atom is -0.375 e. The molecule has 0 radical (unpaired) electrons. The molecule has 5 N–H and O–H groups in total. The Kier molecular flexibility index (Phi) is 2.46. The van der Waals surface area contributed by atoms with E-state index in [2.05, 4.69) is 0 Å². The van der Waals surface area contributed by atoms with Gasteiger partial charge in [-0.15, -0.1) is 0 Å². The third kappa shape index (κ3) is 2.64. The zero-order chi connectivity index (χ0) is 8.58. The largest absolute Gasteiger partial charge is 0.375 e. The third-order valence-corrected chi connectivity index (χ3v) is 1.56. The molecular formula is C7H18N2O. The summed E-state index contributed by atoms with van der Waals surface area (Å²) in [5, 5.41) is 9.27. The van der Waals surface area contributed by atoms with E-state index >= 15 is 0 Å². The van der Waals surface area contributed by atoms with Crippen LogP contribution in [0.3, 0.4) is 0 Å². The molecule has 2 atom stereocenters. The molecule has 0 aromatic heterocycles. The summed E-state index contributed by atoms with van der Waals surface area (Å²) in [6.07, 6.45) is 0. The van der Waals surface area contributed by atoms with Crippen LogP contribution in [0.25, 0.3) is 0 Å². The average Bonchev–Trinajstić information content (AvgIpc) is 1.59. The second-order valence-electron chi connectivity index (χ2n) is 4.07. The lowest BCUT2D eigenvalue weighted by atomic mass is 9.82. The van der Waals surface area contributed by atoms with Gasteiger partial charge in [-0.1, -0.05) is 20.8 Å². The van der Waals surface area contributed by atoms with Crippen molar-refractivity contribution in [3.8, 4) is 0 Å². The molecular weight excluding hydrogens is 128 g/mol. The van der Waals surface area contributed by atoms with Crippen LogP contribution < -0.4 is 11.5 Å². The summed E-state index contributed by atoms with van der Waals surface area (Å²) in [6.45, 7) is 7.35. The molecule has 0 heterocycles. The van der Waals surface area contributed by atoms with E-state index in [1.165, 1.54) is 6.92 Å². The number of rotatable bonds is 1. The topological polar surface area (TPSA) is 72.3 Å². The molecule has 0 amide bonds. The van der Waals surface area contributed by atoms with Crippen LogP contribution in [0.5, 0.6) is 0 Å². The second-order valence-corrected chi connectivity index (χ2v) is 4.07. The first-order valence-electron chi connectivity index (χ1n) is 3.42. The Morgan fingerprint density at radius 2 is 1.50 bits per heavy atom. The van der Waals surface area contributed by atoms with E-state index in [0.717, 1.165) is 0 Å². The van der Waals surface area contributed by atoms with Crippen molar-refractivity contribution in [3.63, 3.8) is 0 Å². The quantitative estimate of drug-likeness (QED) is 0.457. The summed E-state index contributed by atoms with van der Waals surface area (Å²) in [4.78, 5) is 0. The maximum atomic E-state index is 9.27. The van der Waals surface area contributed by atoms with Gasteiger partial charge in [-0.2, -0.15) is 0 Å². The molecule has 62 valence electrons. The van der Waals surface area contributed by atoms with Crippen molar-refractivity contribution >= 4 is 0 Å². The number of hydrogen-bond donors (Lipinski definition) is 3. The molecule has 0 aliphatic rings. The van der Waals surface area contributed by atoms with Crippen LogP contribution in [-0.2, 0) is 0 Å². The summed E-state index contributed by atoms with van der Waals surface area (Å²) in [7, 11) is 0. The predicted octanol–water partition coefficient (Wildman–Crippen LogP) is 0.0270. The van der Waals surface area contributed by atoms with Gasteiger partial charge in [0.15, 0.2) is 0 Å². The van der Waals surface area contributed by atoms with Crippen molar-refractivity contribution in [1.29, 1.82) is 0 Å². The first-order chi connectivity index (χ1) is 4.15. The second kappa shape index (κ2) is 2.49. The third-order valence-electron chi connectivity index (χ3n) is 1.56. The zero-order valence-electron chi connectivity index (χ0n) is 7.18. The average molecular weight is 146 g/mol. The zero-order valence-corrected chi connectivity index (χ0v) is 7.18. The van der Waals surface area contributed by atoms with E-state index in [-0.39, 0.29) is 5.41 Å². The van der Waals surface area contributed by atoms with Gasteiger partial charge in [-0.05, 0) is 12.3 Å². The Morgan fingerprint density at radius 1 is 1.20 bits per heavy atom. The standard InChI is InChI=1S/C7H18N2O/c1-6(2,3)5(8)7(4,9)10/h5,10H,8-9H2,1-4H3/t5-,7-/m0/s1. The monoisotopic (exact) mass is 146 g/mol. The van der Waals surface area contributed by atoms with Crippen LogP contribution in [-0.4, -0.2) is 16.9 Å². The molecule has 3 heteroatoms. The Hall–Kier alpha value is -0.120. The van der Waals surface area contributed by atoms with E-state index in [9.17, 15) is 5.11 Å². The van der Waals surface area contributed by atoms with Crippen LogP contribution >= 0.6 is 0 Å². The van der Waals surface area contributed by atoms with Crippen LogP contribution in [0, 0.1) is 5.41 Å². The van der Waals surface area contributed by atoms with Gasteiger partial charge in [0.2, 0.25) is 0 Å². The highest BCUT2D eigenvalue weighted by Gasteiger charge is 2.33. The molecule has 0 saturated carbocycles. The molecule has 0 fully saturated rings. The van der Waals surface area contributed by atoms with Gasteiger partial charge >= 0.3 is 0 Å². The molecule has 0 saturated heterocycles. The van der Waals surface area contributed by atoms with Gasteiger partial charge in [0, 0.05) is 0 Å². The summed E-state index contributed by atoms with van der Waals surface area (Å²) in [6, 6.07) is -0.403. The maximum absolute atomic E-state index is 9.27. The van der Waals surface area contributed by atoms with Gasteiger partial charge in [-0.3, -0.25) is 0 Å². The van der Waals surface area contributed by atoms with E-state index in [4.69, 9.17) is 11.5 Å². The lowest BCUT2D eigenvalue weighted by Crippen LogP contribution is -2.58. The molecule has 0 aromatic rings. The molecule has 0 bridgehead atoms. The smallest absolute Gasteiger partial charge is 0.126 e. The summed E-state index contributed by atoms with van der Waals surface area (Å²) in [5.41, 5.74) is 9.61. The van der Waals surface area contributed by atoms with Gasteiger partial charge < -0.3 is 16.6 Å². The lowest BCUT2D eigenvalue weighted by Gasteiger charge is -2.35. The normalized spacial score (nSPS) is 21.9. The highest BCUT2D eigenvalue weighted by Crippen LogP contribution is 2.22. The first-order valence-corrected chi connectivity index (χ1v) is 3.42. The minimum atomic E-state index is -1.28. The molecule has 0 unspecified atom stereocenters. The summed E-state index contributed by atoms with van der Waals surface area (Å²) >= 11 is 0. The van der Waals surface area contributed by atoms with Crippen LogP contribution in [0.4, 0.5) is 0 Å². The SMILES string of the molecule is CC(C)(C)[C@H](N)[C@@](C)(N)O.